The summed E-state index contributed by atoms with van der Waals surface area (Å²) in [4.78, 5) is 11.5. The maximum Gasteiger partial charge on any atom is 0.303 e. The van der Waals surface area contributed by atoms with Crippen molar-refractivity contribution in [2.75, 3.05) is 0 Å². The summed E-state index contributed by atoms with van der Waals surface area (Å²) in [5.74, 6) is 1.66. The lowest BCUT2D eigenvalue weighted by molar-refractivity contribution is -0.158. The highest BCUT2D eigenvalue weighted by molar-refractivity contribution is 5.66. The van der Waals surface area contributed by atoms with Gasteiger partial charge in [0.15, 0.2) is 0 Å². The van der Waals surface area contributed by atoms with Crippen molar-refractivity contribution in [2.45, 2.75) is 91.1 Å². The fraction of sp³-hybridized carbons (Fsp3) is 0.818. The van der Waals surface area contributed by atoms with Crippen LogP contribution in [0.25, 0.3) is 0 Å². The van der Waals surface area contributed by atoms with E-state index in [1.165, 1.54) is 38.2 Å². The molecule has 2 fully saturated rings. The zero-order chi connectivity index (χ0) is 18.7. The molecular weight excluding hydrogens is 310 g/mol. The van der Waals surface area contributed by atoms with Crippen LogP contribution in [0.4, 0.5) is 0 Å². The number of carbonyl (C=O) groups excluding carboxylic acids is 1. The van der Waals surface area contributed by atoms with Crippen LogP contribution in [0.15, 0.2) is 12.2 Å². The number of ether oxygens (including phenoxy) is 1. The third-order valence-electron chi connectivity index (χ3n) is 7.15. The highest BCUT2D eigenvalue weighted by atomic mass is 16.6. The van der Waals surface area contributed by atoms with Crippen molar-refractivity contribution in [1.29, 1.82) is 5.26 Å². The number of allylic oxidation sites excluding steroid dienone is 1. The molecule has 0 aromatic carbocycles. The molecule has 140 valence electrons. The molecule has 0 aromatic heterocycles. The molecule has 0 spiro atoms. The molecule has 0 amide bonds. The van der Waals surface area contributed by atoms with Gasteiger partial charge in [-0.3, -0.25) is 4.79 Å². The van der Waals surface area contributed by atoms with Crippen molar-refractivity contribution < 1.29 is 9.53 Å². The molecule has 0 radical (unpaired) electrons. The second-order valence-electron chi connectivity index (χ2n) is 8.89. The third kappa shape index (κ3) is 4.46. The molecule has 0 bridgehead atoms. The number of hydrogen-bond acceptors (Lipinski definition) is 3. The van der Waals surface area contributed by atoms with Crippen LogP contribution in [-0.2, 0) is 9.53 Å². The highest BCUT2D eigenvalue weighted by Crippen LogP contribution is 2.58. The number of esters is 1. The smallest absolute Gasteiger partial charge is 0.303 e. The predicted octanol–water partition coefficient (Wildman–Crippen LogP) is 5.80. The topological polar surface area (TPSA) is 50.1 Å². The number of carbonyl (C=O) groups is 1. The van der Waals surface area contributed by atoms with Crippen LogP contribution in [0, 0.1) is 34.5 Å². The zero-order valence-electron chi connectivity index (χ0n) is 16.6. The molecule has 1 unspecified atom stereocenters. The van der Waals surface area contributed by atoms with E-state index in [2.05, 4.69) is 33.4 Å². The molecule has 0 saturated heterocycles. The summed E-state index contributed by atoms with van der Waals surface area (Å²) < 4.78 is 5.65. The first-order chi connectivity index (χ1) is 11.7. The summed E-state index contributed by atoms with van der Waals surface area (Å²) in [6, 6.07) is 2.32. The zero-order valence-corrected chi connectivity index (χ0v) is 16.6. The maximum absolute atomic E-state index is 11.5. The van der Waals surface area contributed by atoms with Crippen LogP contribution >= 0.6 is 0 Å². The molecule has 3 nitrogen and oxygen atoms in total. The Morgan fingerprint density at radius 2 is 2.20 bits per heavy atom. The predicted molar refractivity (Wildman–Crippen MR) is 101 cm³/mol. The van der Waals surface area contributed by atoms with E-state index in [1.807, 2.05) is 0 Å². The summed E-state index contributed by atoms with van der Waals surface area (Å²) in [7, 11) is 0. The Bertz CT molecular complexity index is 549. The van der Waals surface area contributed by atoms with Gasteiger partial charge < -0.3 is 4.74 Å². The average molecular weight is 346 g/mol. The summed E-state index contributed by atoms with van der Waals surface area (Å²) in [5.41, 5.74) is 1.33. The van der Waals surface area contributed by atoms with Gasteiger partial charge in [-0.25, -0.2) is 0 Å². The number of rotatable bonds is 6. The first kappa shape index (κ1) is 20.0. The van der Waals surface area contributed by atoms with E-state index in [0.29, 0.717) is 29.6 Å². The lowest BCUT2D eigenvalue weighted by atomic mass is 9.51. The van der Waals surface area contributed by atoms with Gasteiger partial charge >= 0.3 is 5.97 Å². The van der Waals surface area contributed by atoms with Gasteiger partial charge in [0, 0.05) is 13.3 Å². The van der Waals surface area contributed by atoms with E-state index in [1.54, 1.807) is 0 Å². The summed E-state index contributed by atoms with van der Waals surface area (Å²) in [6.07, 6.45) is 9.40. The summed E-state index contributed by atoms with van der Waals surface area (Å²) in [6.45, 7) is 12.5. The van der Waals surface area contributed by atoms with Gasteiger partial charge in [-0.1, -0.05) is 26.0 Å². The van der Waals surface area contributed by atoms with Gasteiger partial charge in [-0.2, -0.15) is 5.26 Å². The van der Waals surface area contributed by atoms with Crippen molar-refractivity contribution in [2.24, 2.45) is 23.2 Å². The van der Waals surface area contributed by atoms with Crippen molar-refractivity contribution in [3.05, 3.63) is 12.2 Å². The fourth-order valence-corrected chi connectivity index (χ4v) is 5.56. The number of nitriles is 1. The largest absolute Gasteiger partial charge is 0.460 e. The molecule has 5 atom stereocenters. The molecular formula is C22H35NO2. The minimum atomic E-state index is -0.331. The lowest BCUT2D eigenvalue weighted by Gasteiger charge is -2.54. The van der Waals surface area contributed by atoms with Gasteiger partial charge in [-0.05, 0) is 81.5 Å². The summed E-state index contributed by atoms with van der Waals surface area (Å²) >= 11 is 0. The van der Waals surface area contributed by atoms with Gasteiger partial charge in [-0.15, -0.1) is 0 Å². The Hall–Kier alpha value is -1.30. The molecule has 0 heterocycles. The molecule has 0 aliphatic heterocycles. The standard InChI is InChI=1S/C22H35NO2/c1-6-21(4,25-17(3)24)15-18-11-12-22(5)19(14-18)10-9-16(2)20(22)8-7-13-23/h18-20H,2,6-12,14-15H2,1,3-5H3/t18-,19-,20-,21?,22-/m1/s1. The fourth-order valence-electron chi connectivity index (χ4n) is 5.56. The van der Waals surface area contributed by atoms with E-state index >= 15 is 0 Å². The monoisotopic (exact) mass is 345 g/mol. The maximum atomic E-state index is 11.5. The van der Waals surface area contributed by atoms with Crippen LogP contribution in [0.2, 0.25) is 0 Å². The molecule has 25 heavy (non-hydrogen) atoms. The lowest BCUT2D eigenvalue weighted by Crippen LogP contribution is -2.45. The van der Waals surface area contributed by atoms with Crippen molar-refractivity contribution in [1.82, 2.24) is 0 Å². The van der Waals surface area contributed by atoms with Crippen molar-refractivity contribution in [3.63, 3.8) is 0 Å². The Morgan fingerprint density at radius 3 is 2.80 bits per heavy atom. The molecule has 2 aliphatic carbocycles. The second kappa shape index (κ2) is 7.94. The first-order valence-corrected chi connectivity index (χ1v) is 9.98. The molecule has 2 saturated carbocycles. The Balaban J connectivity index is 2.07. The van der Waals surface area contributed by atoms with E-state index < -0.39 is 0 Å². The Labute approximate surface area is 153 Å². The molecule has 3 heteroatoms. The molecule has 0 N–H and O–H groups in total. The van der Waals surface area contributed by atoms with E-state index in [-0.39, 0.29) is 11.6 Å². The SMILES string of the molecule is C=C1CC[C@@H]2C[C@H](CC(C)(CC)OC(C)=O)CC[C@@]2(C)[C@@H]1CCC#N. The normalized spacial score (nSPS) is 34.5. The second-order valence-corrected chi connectivity index (χ2v) is 8.89. The average Bonchev–Trinajstić information content (AvgIpc) is 2.54. The van der Waals surface area contributed by atoms with Crippen LogP contribution in [-0.4, -0.2) is 11.6 Å². The number of fused-ring (bicyclic) bond motifs is 1. The quantitative estimate of drug-likeness (QED) is 0.451. The third-order valence-corrected chi connectivity index (χ3v) is 7.15. The van der Waals surface area contributed by atoms with Crippen molar-refractivity contribution >= 4 is 5.97 Å². The van der Waals surface area contributed by atoms with Crippen LogP contribution < -0.4 is 0 Å². The van der Waals surface area contributed by atoms with E-state index in [9.17, 15) is 4.79 Å². The van der Waals surface area contributed by atoms with Gasteiger partial charge in [0.05, 0.1) is 6.07 Å². The minimum absolute atomic E-state index is 0.171. The number of hydrogen-bond donors (Lipinski definition) is 0. The summed E-state index contributed by atoms with van der Waals surface area (Å²) in [5, 5.41) is 9.01. The highest BCUT2D eigenvalue weighted by Gasteiger charge is 2.48. The first-order valence-electron chi connectivity index (χ1n) is 9.98. The van der Waals surface area contributed by atoms with E-state index in [4.69, 9.17) is 10.00 Å². The number of nitrogens with zero attached hydrogens (tertiary/aromatic N) is 1. The minimum Gasteiger partial charge on any atom is -0.460 e. The van der Waals surface area contributed by atoms with Crippen LogP contribution in [0.5, 0.6) is 0 Å². The molecule has 0 aromatic rings. The van der Waals surface area contributed by atoms with Crippen molar-refractivity contribution in [3.8, 4) is 6.07 Å². The van der Waals surface area contributed by atoms with E-state index in [0.717, 1.165) is 25.7 Å². The van der Waals surface area contributed by atoms with Crippen LogP contribution in [0.1, 0.15) is 85.5 Å². The Kier molecular flexibility index (Phi) is 6.35. The molecule has 2 aliphatic rings. The molecule has 2 rings (SSSR count). The van der Waals surface area contributed by atoms with Crippen LogP contribution in [0.3, 0.4) is 0 Å². The Morgan fingerprint density at radius 1 is 1.48 bits per heavy atom. The van der Waals surface area contributed by atoms with Gasteiger partial charge in [0.2, 0.25) is 0 Å². The van der Waals surface area contributed by atoms with Gasteiger partial charge in [0.25, 0.3) is 0 Å². The van der Waals surface area contributed by atoms with Gasteiger partial charge in [0.1, 0.15) is 5.60 Å².